The lowest BCUT2D eigenvalue weighted by Gasteiger charge is -2.25. The SMILES string of the molecule is CCO[Si](C)(CCCNC(=O)/C=C\C(=O)O)OCC. The van der Waals surface area contributed by atoms with E-state index in [-0.39, 0.29) is 0 Å². The van der Waals surface area contributed by atoms with E-state index in [0.29, 0.717) is 19.8 Å². The molecule has 0 aliphatic carbocycles. The Labute approximate surface area is 115 Å². The van der Waals surface area contributed by atoms with E-state index in [1.54, 1.807) is 0 Å². The Morgan fingerprint density at radius 2 is 1.79 bits per heavy atom. The van der Waals surface area contributed by atoms with Crippen LogP contribution in [0.25, 0.3) is 0 Å². The molecule has 19 heavy (non-hydrogen) atoms. The number of carbonyl (C=O) groups excluding carboxylic acids is 1. The number of hydrogen-bond acceptors (Lipinski definition) is 4. The van der Waals surface area contributed by atoms with Crippen LogP contribution in [0.5, 0.6) is 0 Å². The van der Waals surface area contributed by atoms with E-state index in [2.05, 4.69) is 5.32 Å². The molecule has 0 saturated carbocycles. The average molecular weight is 289 g/mol. The summed E-state index contributed by atoms with van der Waals surface area (Å²) in [7, 11) is -2.12. The lowest BCUT2D eigenvalue weighted by molar-refractivity contribution is -0.131. The van der Waals surface area contributed by atoms with Crippen molar-refractivity contribution in [2.45, 2.75) is 32.9 Å². The van der Waals surface area contributed by atoms with Gasteiger partial charge in [0, 0.05) is 31.9 Å². The summed E-state index contributed by atoms with van der Waals surface area (Å²) in [5.41, 5.74) is 0. The fourth-order valence-corrected chi connectivity index (χ4v) is 4.04. The Morgan fingerprint density at radius 3 is 2.26 bits per heavy atom. The molecule has 6 nitrogen and oxygen atoms in total. The summed E-state index contributed by atoms with van der Waals surface area (Å²) in [6, 6.07) is 0.789. The summed E-state index contributed by atoms with van der Waals surface area (Å²) in [5.74, 6) is -1.54. The predicted octanol–water partition coefficient (Wildman–Crippen LogP) is 1.28. The van der Waals surface area contributed by atoms with Gasteiger partial charge in [-0.15, -0.1) is 0 Å². The summed E-state index contributed by atoms with van der Waals surface area (Å²) < 4.78 is 11.3. The Kier molecular flexibility index (Phi) is 9.10. The molecule has 7 heteroatoms. The maximum absolute atomic E-state index is 11.2. The van der Waals surface area contributed by atoms with E-state index in [0.717, 1.165) is 24.6 Å². The Bertz CT molecular complexity index is 313. The number of rotatable bonds is 10. The lowest BCUT2D eigenvalue weighted by Crippen LogP contribution is -2.39. The number of carbonyl (C=O) groups is 2. The minimum absolute atomic E-state index is 0.404. The van der Waals surface area contributed by atoms with Gasteiger partial charge >= 0.3 is 14.5 Å². The monoisotopic (exact) mass is 289 g/mol. The molecule has 0 aliphatic heterocycles. The summed E-state index contributed by atoms with van der Waals surface area (Å²) in [5, 5.41) is 11.0. The molecule has 110 valence electrons. The van der Waals surface area contributed by atoms with Crippen molar-refractivity contribution in [1.29, 1.82) is 0 Å². The molecule has 0 spiro atoms. The van der Waals surface area contributed by atoms with Gasteiger partial charge in [0.2, 0.25) is 5.91 Å². The van der Waals surface area contributed by atoms with Crippen LogP contribution in [0.4, 0.5) is 0 Å². The molecule has 0 heterocycles. The van der Waals surface area contributed by atoms with Crippen LogP contribution in [0.2, 0.25) is 12.6 Å². The molecule has 0 aromatic rings. The Hall–Kier alpha value is -1.18. The predicted molar refractivity (Wildman–Crippen MR) is 74.1 cm³/mol. The van der Waals surface area contributed by atoms with Crippen LogP contribution in [0.15, 0.2) is 12.2 Å². The highest BCUT2D eigenvalue weighted by atomic mass is 28.4. The van der Waals surface area contributed by atoms with Gasteiger partial charge in [-0.2, -0.15) is 0 Å². The van der Waals surface area contributed by atoms with Crippen LogP contribution >= 0.6 is 0 Å². The van der Waals surface area contributed by atoms with Crippen molar-refractivity contribution in [3.63, 3.8) is 0 Å². The van der Waals surface area contributed by atoms with Crippen molar-refractivity contribution in [3.8, 4) is 0 Å². The second-order valence-corrected chi connectivity index (χ2v) is 7.41. The molecule has 0 fully saturated rings. The fraction of sp³-hybridized carbons (Fsp3) is 0.667. The number of amides is 1. The van der Waals surface area contributed by atoms with E-state index in [9.17, 15) is 9.59 Å². The van der Waals surface area contributed by atoms with E-state index in [4.69, 9.17) is 14.0 Å². The van der Waals surface area contributed by atoms with Gasteiger partial charge in [-0.25, -0.2) is 4.79 Å². The maximum atomic E-state index is 11.2. The quantitative estimate of drug-likeness (QED) is 0.359. The van der Waals surface area contributed by atoms with Gasteiger partial charge in [-0.1, -0.05) is 0 Å². The van der Waals surface area contributed by atoms with Gasteiger partial charge in [0.25, 0.3) is 0 Å². The molecular formula is C12H23NO5Si. The number of aliphatic carboxylic acids is 1. The largest absolute Gasteiger partial charge is 0.478 e. The van der Waals surface area contributed by atoms with E-state index < -0.39 is 20.4 Å². The smallest absolute Gasteiger partial charge is 0.334 e. The summed E-state index contributed by atoms with van der Waals surface area (Å²) >= 11 is 0. The number of carboxylic acid groups (broad SMARTS) is 1. The zero-order chi connectivity index (χ0) is 14.7. The number of nitrogens with one attached hydrogen (secondary N) is 1. The van der Waals surface area contributed by atoms with Gasteiger partial charge in [0.1, 0.15) is 0 Å². The first-order valence-corrected chi connectivity index (χ1v) is 8.92. The highest BCUT2D eigenvalue weighted by Gasteiger charge is 2.29. The topological polar surface area (TPSA) is 84.9 Å². The number of carboxylic acids is 1. The molecule has 0 saturated heterocycles. The molecular weight excluding hydrogens is 266 g/mol. The summed E-state index contributed by atoms with van der Waals surface area (Å²) in [6.45, 7) is 7.59. The molecule has 0 radical (unpaired) electrons. The van der Waals surface area contributed by atoms with Crippen molar-refractivity contribution in [3.05, 3.63) is 12.2 Å². The van der Waals surface area contributed by atoms with Gasteiger partial charge in [-0.05, 0) is 32.9 Å². The fourth-order valence-electron chi connectivity index (χ4n) is 1.62. The van der Waals surface area contributed by atoms with Crippen LogP contribution < -0.4 is 5.32 Å². The van der Waals surface area contributed by atoms with Gasteiger partial charge in [0.05, 0.1) is 0 Å². The van der Waals surface area contributed by atoms with Crippen molar-refractivity contribution in [1.82, 2.24) is 5.32 Å². The third-order valence-corrected chi connectivity index (χ3v) is 5.44. The molecule has 0 aromatic heterocycles. The van der Waals surface area contributed by atoms with Crippen LogP contribution in [0, 0.1) is 0 Å². The van der Waals surface area contributed by atoms with Crippen molar-refractivity contribution in [2.24, 2.45) is 0 Å². The van der Waals surface area contributed by atoms with Crippen LogP contribution in [-0.2, 0) is 18.4 Å². The first-order valence-electron chi connectivity index (χ1n) is 6.40. The molecule has 0 bridgehead atoms. The lowest BCUT2D eigenvalue weighted by atomic mass is 10.4. The normalized spacial score (nSPS) is 11.7. The van der Waals surface area contributed by atoms with Crippen LogP contribution in [-0.4, -0.2) is 45.3 Å². The van der Waals surface area contributed by atoms with Crippen molar-refractivity contribution in [2.75, 3.05) is 19.8 Å². The Balaban J connectivity index is 3.94. The molecule has 2 N–H and O–H groups in total. The molecule has 1 amide bonds. The minimum atomic E-state index is -2.12. The number of hydrogen-bond donors (Lipinski definition) is 2. The van der Waals surface area contributed by atoms with E-state index >= 15 is 0 Å². The highest BCUT2D eigenvalue weighted by molar-refractivity contribution is 6.66. The second kappa shape index (κ2) is 9.71. The third-order valence-electron chi connectivity index (χ3n) is 2.38. The van der Waals surface area contributed by atoms with Crippen molar-refractivity contribution >= 4 is 20.4 Å². The van der Waals surface area contributed by atoms with Crippen LogP contribution in [0.3, 0.4) is 0 Å². The summed E-state index contributed by atoms with van der Waals surface area (Å²) in [6.07, 6.45) is 2.56. The van der Waals surface area contributed by atoms with E-state index in [1.165, 1.54) is 0 Å². The second-order valence-electron chi connectivity index (χ2n) is 4.07. The van der Waals surface area contributed by atoms with E-state index in [1.807, 2.05) is 20.4 Å². The third kappa shape index (κ3) is 9.40. The Morgan fingerprint density at radius 1 is 1.21 bits per heavy atom. The highest BCUT2D eigenvalue weighted by Crippen LogP contribution is 2.15. The van der Waals surface area contributed by atoms with Crippen LogP contribution in [0.1, 0.15) is 20.3 Å². The zero-order valence-electron chi connectivity index (χ0n) is 11.8. The molecule has 0 atom stereocenters. The summed E-state index contributed by atoms with van der Waals surface area (Å²) in [4.78, 5) is 21.4. The first kappa shape index (κ1) is 17.8. The molecule has 0 aliphatic rings. The maximum Gasteiger partial charge on any atom is 0.334 e. The molecule has 0 aromatic carbocycles. The van der Waals surface area contributed by atoms with Gasteiger partial charge < -0.3 is 19.3 Å². The minimum Gasteiger partial charge on any atom is -0.478 e. The molecule has 0 rings (SSSR count). The zero-order valence-corrected chi connectivity index (χ0v) is 12.8. The molecule has 0 unspecified atom stereocenters. The van der Waals surface area contributed by atoms with Gasteiger partial charge in [-0.3, -0.25) is 4.79 Å². The standard InChI is InChI=1S/C12H23NO5Si/c1-4-17-19(3,18-5-2)10-6-9-13-11(14)7-8-12(15)16/h7-8H,4-6,9-10H2,1-3H3,(H,13,14)(H,15,16)/b8-7-. The van der Waals surface area contributed by atoms with Crippen molar-refractivity contribution < 1.29 is 23.5 Å². The van der Waals surface area contributed by atoms with Gasteiger partial charge in [0.15, 0.2) is 0 Å². The average Bonchev–Trinajstić information content (AvgIpc) is 2.33. The first-order chi connectivity index (χ1) is 8.93.